The zero-order valence-corrected chi connectivity index (χ0v) is 18.2. The third kappa shape index (κ3) is 3.34. The Balaban J connectivity index is 1.73. The highest BCUT2D eigenvalue weighted by atomic mass is 16.6. The minimum absolute atomic E-state index is 0.183. The summed E-state index contributed by atoms with van der Waals surface area (Å²) in [5.41, 5.74) is 4.91. The van der Waals surface area contributed by atoms with Crippen LogP contribution in [0.3, 0.4) is 0 Å². The molecule has 162 valence electrons. The van der Waals surface area contributed by atoms with Crippen molar-refractivity contribution in [3.63, 3.8) is 0 Å². The fraction of sp³-hybridized carbons (Fsp3) is 0.259. The summed E-state index contributed by atoms with van der Waals surface area (Å²) < 4.78 is 11.0. The maximum Gasteiger partial charge on any atom is 0.311 e. The van der Waals surface area contributed by atoms with Gasteiger partial charge in [-0.05, 0) is 52.9 Å². The zero-order valence-electron chi connectivity index (χ0n) is 18.2. The molecule has 3 aromatic carbocycles. The highest BCUT2D eigenvalue weighted by Gasteiger charge is 2.36. The molecule has 1 heterocycles. The smallest absolute Gasteiger partial charge is 0.311 e. The van der Waals surface area contributed by atoms with E-state index in [4.69, 9.17) is 9.47 Å². The molecule has 0 radical (unpaired) electrons. The molecule has 5 rings (SSSR count). The molecule has 1 aliphatic carbocycles. The maximum absolute atomic E-state index is 13.2. The van der Waals surface area contributed by atoms with Crippen LogP contribution >= 0.6 is 0 Å². The van der Waals surface area contributed by atoms with Gasteiger partial charge in [0.25, 0.3) is 0 Å². The minimum Gasteiger partial charge on any atom is -0.493 e. The van der Waals surface area contributed by atoms with E-state index >= 15 is 0 Å². The Morgan fingerprint density at radius 3 is 2.72 bits per heavy atom. The summed E-state index contributed by atoms with van der Waals surface area (Å²) in [4.78, 5) is 25.0. The van der Waals surface area contributed by atoms with Gasteiger partial charge in [0.2, 0.25) is 0 Å². The zero-order chi connectivity index (χ0) is 22.2. The van der Waals surface area contributed by atoms with E-state index in [9.17, 15) is 9.59 Å². The molecule has 1 atom stereocenters. The van der Waals surface area contributed by atoms with Gasteiger partial charge in [0.15, 0.2) is 17.3 Å². The first-order valence-electron chi connectivity index (χ1n) is 11.0. The molecule has 0 aromatic heterocycles. The average Bonchev–Trinajstić information content (AvgIpc) is 2.83. The van der Waals surface area contributed by atoms with Crippen LogP contribution in [0.1, 0.15) is 49.7 Å². The van der Waals surface area contributed by atoms with Crippen LogP contribution in [0.2, 0.25) is 0 Å². The summed E-state index contributed by atoms with van der Waals surface area (Å²) in [6.45, 7) is 1.75. The second-order valence-electron chi connectivity index (χ2n) is 8.21. The van der Waals surface area contributed by atoms with Gasteiger partial charge < -0.3 is 14.8 Å². The second-order valence-corrected chi connectivity index (χ2v) is 8.21. The number of hydrogen-bond donors (Lipinski definition) is 1. The van der Waals surface area contributed by atoms with E-state index in [-0.39, 0.29) is 24.1 Å². The number of nitrogens with one attached hydrogen (secondary N) is 1. The van der Waals surface area contributed by atoms with Crippen LogP contribution in [0.5, 0.6) is 11.5 Å². The molecule has 0 saturated carbocycles. The molecule has 2 aliphatic rings. The summed E-state index contributed by atoms with van der Waals surface area (Å²) in [5, 5.41) is 5.80. The van der Waals surface area contributed by atoms with Crippen molar-refractivity contribution in [3.05, 3.63) is 77.0 Å². The van der Waals surface area contributed by atoms with Gasteiger partial charge in [0, 0.05) is 35.7 Å². The lowest BCUT2D eigenvalue weighted by Gasteiger charge is -2.35. The van der Waals surface area contributed by atoms with Crippen LogP contribution in [0.4, 0.5) is 5.69 Å². The minimum atomic E-state index is -0.318. The fourth-order valence-electron chi connectivity index (χ4n) is 4.83. The van der Waals surface area contributed by atoms with E-state index in [0.29, 0.717) is 17.9 Å². The van der Waals surface area contributed by atoms with Crippen molar-refractivity contribution in [2.75, 3.05) is 12.4 Å². The van der Waals surface area contributed by atoms with E-state index in [0.717, 1.165) is 51.7 Å². The highest BCUT2D eigenvalue weighted by molar-refractivity contribution is 6.04. The van der Waals surface area contributed by atoms with Crippen LogP contribution in [-0.2, 0) is 9.59 Å². The summed E-state index contributed by atoms with van der Waals surface area (Å²) >= 11 is 0. The predicted molar refractivity (Wildman–Crippen MR) is 124 cm³/mol. The number of methoxy groups -OCH3 is 1. The van der Waals surface area contributed by atoms with Crippen LogP contribution in [-0.4, -0.2) is 18.9 Å². The van der Waals surface area contributed by atoms with Gasteiger partial charge in [0.1, 0.15) is 0 Å². The molecule has 1 N–H and O–H groups in total. The molecular formula is C27H25NO4. The summed E-state index contributed by atoms with van der Waals surface area (Å²) in [6, 6.07) is 18.1. The number of allylic oxidation sites excluding steroid dienone is 2. The first-order valence-corrected chi connectivity index (χ1v) is 11.0. The number of anilines is 1. The van der Waals surface area contributed by atoms with Crippen molar-refractivity contribution >= 4 is 28.2 Å². The van der Waals surface area contributed by atoms with Crippen molar-refractivity contribution in [1.29, 1.82) is 0 Å². The Morgan fingerprint density at radius 1 is 1.06 bits per heavy atom. The molecule has 0 bridgehead atoms. The van der Waals surface area contributed by atoms with Crippen molar-refractivity contribution in [3.8, 4) is 11.5 Å². The van der Waals surface area contributed by atoms with Gasteiger partial charge in [-0.15, -0.1) is 0 Å². The lowest BCUT2D eigenvalue weighted by Crippen LogP contribution is -2.27. The van der Waals surface area contributed by atoms with Gasteiger partial charge in [-0.1, -0.05) is 43.3 Å². The van der Waals surface area contributed by atoms with E-state index in [1.54, 1.807) is 20.1 Å². The van der Waals surface area contributed by atoms with Crippen molar-refractivity contribution < 1.29 is 19.1 Å². The lowest BCUT2D eigenvalue weighted by atomic mass is 9.74. The molecule has 0 spiro atoms. The number of fused-ring (bicyclic) bond motifs is 3. The molecule has 3 aromatic rings. The first-order chi connectivity index (χ1) is 15.6. The molecule has 5 heteroatoms. The Labute approximate surface area is 187 Å². The number of Topliss-reactive ketones (excluding diaryl/α,β-unsaturated/α-hetero) is 1. The SMILES string of the molecule is CCC(=O)Oc1ccc(C2C3=C(CCCC3=O)Nc3ccc4ccccc4c32)cc1OC. The second kappa shape index (κ2) is 8.15. The average molecular weight is 428 g/mol. The van der Waals surface area contributed by atoms with Crippen LogP contribution in [0.15, 0.2) is 65.9 Å². The third-order valence-corrected chi connectivity index (χ3v) is 6.32. The fourth-order valence-corrected chi connectivity index (χ4v) is 4.83. The Morgan fingerprint density at radius 2 is 1.91 bits per heavy atom. The molecule has 1 aliphatic heterocycles. The molecular weight excluding hydrogens is 402 g/mol. The molecule has 0 saturated heterocycles. The Hall–Kier alpha value is -3.60. The topological polar surface area (TPSA) is 64.6 Å². The van der Waals surface area contributed by atoms with Crippen LogP contribution in [0.25, 0.3) is 10.8 Å². The van der Waals surface area contributed by atoms with E-state index in [1.807, 2.05) is 24.3 Å². The number of ketones is 1. The van der Waals surface area contributed by atoms with E-state index in [1.165, 1.54) is 0 Å². The van der Waals surface area contributed by atoms with Gasteiger partial charge in [-0.3, -0.25) is 9.59 Å². The maximum atomic E-state index is 13.2. The number of esters is 1. The largest absolute Gasteiger partial charge is 0.493 e. The summed E-state index contributed by atoms with van der Waals surface area (Å²) in [6.07, 6.45) is 2.55. The number of rotatable bonds is 4. The predicted octanol–water partition coefficient (Wildman–Crippen LogP) is 5.73. The quantitative estimate of drug-likeness (QED) is 0.426. The number of carbonyl (C=O) groups is 2. The Kier molecular flexibility index (Phi) is 5.17. The van der Waals surface area contributed by atoms with Gasteiger partial charge in [-0.25, -0.2) is 0 Å². The van der Waals surface area contributed by atoms with Crippen molar-refractivity contribution in [2.24, 2.45) is 0 Å². The first kappa shape index (κ1) is 20.3. The Bertz CT molecular complexity index is 1270. The van der Waals surface area contributed by atoms with Crippen molar-refractivity contribution in [2.45, 2.75) is 38.5 Å². The van der Waals surface area contributed by atoms with Crippen molar-refractivity contribution in [1.82, 2.24) is 0 Å². The molecule has 32 heavy (non-hydrogen) atoms. The number of hydrogen-bond acceptors (Lipinski definition) is 5. The summed E-state index contributed by atoms with van der Waals surface area (Å²) in [7, 11) is 1.56. The van der Waals surface area contributed by atoms with E-state index in [2.05, 4.69) is 29.6 Å². The van der Waals surface area contributed by atoms with Crippen LogP contribution < -0.4 is 14.8 Å². The highest BCUT2D eigenvalue weighted by Crippen LogP contribution is 2.49. The normalized spacial score (nSPS) is 17.4. The van der Waals surface area contributed by atoms with Gasteiger partial charge in [-0.2, -0.15) is 0 Å². The van der Waals surface area contributed by atoms with Gasteiger partial charge >= 0.3 is 5.97 Å². The molecule has 0 amide bonds. The molecule has 5 nitrogen and oxygen atoms in total. The standard InChI is InChI=1S/C27H25NO4/c1-3-24(30)32-22-14-12-17(15-23(22)31-2)25-26-18-8-5-4-7-16(18)11-13-20(26)28-19-9-6-10-21(29)27(19)25/h4-5,7-8,11-15,25,28H,3,6,9-10H2,1-2H3. The van der Waals surface area contributed by atoms with E-state index < -0.39 is 0 Å². The monoisotopic (exact) mass is 427 g/mol. The summed E-state index contributed by atoms with van der Waals surface area (Å²) in [5.74, 6) is 0.517. The molecule has 0 fully saturated rings. The lowest BCUT2D eigenvalue weighted by molar-refractivity contribution is -0.134. The molecule has 1 unspecified atom stereocenters. The number of carbonyl (C=O) groups excluding carboxylic acids is 2. The third-order valence-electron chi connectivity index (χ3n) is 6.32. The van der Waals surface area contributed by atoms with Crippen LogP contribution in [0, 0.1) is 0 Å². The number of ether oxygens (including phenoxy) is 2. The number of benzene rings is 3. The van der Waals surface area contributed by atoms with Gasteiger partial charge in [0.05, 0.1) is 7.11 Å².